The van der Waals surface area contributed by atoms with Gasteiger partial charge in [0, 0.05) is 5.02 Å². The topological polar surface area (TPSA) is 77.0 Å². The van der Waals surface area contributed by atoms with Crippen molar-refractivity contribution in [2.75, 3.05) is 7.11 Å². The molecule has 0 spiro atoms. The Bertz CT molecular complexity index is 1130. The summed E-state index contributed by atoms with van der Waals surface area (Å²) < 4.78 is 48.6. The minimum atomic E-state index is -3.81. The van der Waals surface area contributed by atoms with E-state index in [0.29, 0.717) is 22.1 Å². The van der Waals surface area contributed by atoms with Crippen LogP contribution < -0.4 is 14.3 Å². The first-order chi connectivity index (χ1) is 14.4. The van der Waals surface area contributed by atoms with Crippen molar-refractivity contribution in [2.24, 2.45) is 5.10 Å². The summed E-state index contributed by atoms with van der Waals surface area (Å²) in [6, 6.07) is 16.7. The second-order valence-corrected chi connectivity index (χ2v) is 8.23. The van der Waals surface area contributed by atoms with E-state index in [-0.39, 0.29) is 17.3 Å². The van der Waals surface area contributed by atoms with Gasteiger partial charge in [0.1, 0.15) is 12.4 Å². The Morgan fingerprint density at radius 3 is 2.40 bits per heavy atom. The highest BCUT2D eigenvalue weighted by Crippen LogP contribution is 2.28. The van der Waals surface area contributed by atoms with Gasteiger partial charge in [0.25, 0.3) is 10.0 Å². The highest BCUT2D eigenvalue weighted by molar-refractivity contribution is 7.89. The molecule has 0 saturated carbocycles. The first-order valence-electron chi connectivity index (χ1n) is 8.73. The molecule has 0 unspecified atom stereocenters. The number of halogens is 2. The van der Waals surface area contributed by atoms with Gasteiger partial charge in [0.05, 0.1) is 18.2 Å². The maximum Gasteiger partial charge on any atom is 0.276 e. The normalized spacial score (nSPS) is 11.4. The van der Waals surface area contributed by atoms with Crippen molar-refractivity contribution in [3.8, 4) is 11.5 Å². The van der Waals surface area contributed by atoms with Crippen LogP contribution in [-0.2, 0) is 16.6 Å². The molecule has 0 radical (unpaired) electrons. The van der Waals surface area contributed by atoms with Crippen LogP contribution in [0.3, 0.4) is 0 Å². The number of rotatable bonds is 8. The van der Waals surface area contributed by atoms with Gasteiger partial charge >= 0.3 is 0 Å². The Hall–Kier alpha value is -3.10. The highest BCUT2D eigenvalue weighted by atomic mass is 35.5. The van der Waals surface area contributed by atoms with Crippen molar-refractivity contribution in [1.29, 1.82) is 0 Å². The fraction of sp³-hybridized carbons (Fsp3) is 0.0952. The summed E-state index contributed by atoms with van der Waals surface area (Å²) in [5, 5.41) is 4.24. The van der Waals surface area contributed by atoms with E-state index in [1.54, 1.807) is 30.3 Å². The van der Waals surface area contributed by atoms with Crippen LogP contribution >= 0.6 is 11.6 Å². The summed E-state index contributed by atoms with van der Waals surface area (Å²) in [6.07, 6.45) is 1.34. The lowest BCUT2D eigenvalue weighted by atomic mass is 10.2. The van der Waals surface area contributed by atoms with E-state index in [9.17, 15) is 12.8 Å². The summed E-state index contributed by atoms with van der Waals surface area (Å²) in [6.45, 7) is 0.209. The molecule has 0 fully saturated rings. The van der Waals surface area contributed by atoms with Crippen LogP contribution in [0.1, 0.15) is 11.1 Å². The van der Waals surface area contributed by atoms with Gasteiger partial charge in [-0.25, -0.2) is 9.22 Å². The minimum absolute atomic E-state index is 0.0436. The molecule has 3 aromatic rings. The molecule has 3 rings (SSSR count). The minimum Gasteiger partial charge on any atom is -0.493 e. The van der Waals surface area contributed by atoms with Crippen LogP contribution in [0.2, 0.25) is 5.02 Å². The molecule has 0 atom stereocenters. The third-order valence-electron chi connectivity index (χ3n) is 4.01. The predicted molar refractivity (Wildman–Crippen MR) is 113 cm³/mol. The standard InChI is InChI=1S/C21H18ClFN2O4S/c1-28-20-11-4-16(12-21(20)29-14-15-2-7-18(23)8-3-15)13-24-25-30(26,27)19-9-5-17(22)6-10-19/h2-13,25H,14H2,1H3/b24-13+. The molecule has 156 valence electrons. The fourth-order valence-corrected chi connectivity index (χ4v) is 3.38. The van der Waals surface area contributed by atoms with E-state index >= 15 is 0 Å². The first-order valence-corrected chi connectivity index (χ1v) is 10.6. The van der Waals surface area contributed by atoms with Gasteiger partial charge in [-0.15, -0.1) is 0 Å². The maximum absolute atomic E-state index is 13.0. The van der Waals surface area contributed by atoms with Crippen molar-refractivity contribution in [2.45, 2.75) is 11.5 Å². The van der Waals surface area contributed by atoms with E-state index in [0.717, 1.165) is 5.56 Å². The Morgan fingerprint density at radius 2 is 1.73 bits per heavy atom. The van der Waals surface area contributed by atoms with Crippen molar-refractivity contribution in [1.82, 2.24) is 4.83 Å². The van der Waals surface area contributed by atoms with Crippen LogP contribution in [-0.4, -0.2) is 21.7 Å². The van der Waals surface area contributed by atoms with Gasteiger partial charge in [-0.1, -0.05) is 23.7 Å². The molecule has 0 bridgehead atoms. The summed E-state index contributed by atoms with van der Waals surface area (Å²) in [5.41, 5.74) is 1.37. The monoisotopic (exact) mass is 448 g/mol. The molecule has 0 aliphatic rings. The quantitative estimate of drug-likeness (QED) is 0.410. The van der Waals surface area contributed by atoms with Crippen LogP contribution in [0.5, 0.6) is 11.5 Å². The molecular weight excluding hydrogens is 431 g/mol. The Morgan fingerprint density at radius 1 is 1.03 bits per heavy atom. The lowest BCUT2D eigenvalue weighted by molar-refractivity contribution is 0.284. The first kappa shape index (κ1) is 21.6. The summed E-state index contributed by atoms with van der Waals surface area (Å²) in [5.74, 6) is 0.609. The van der Waals surface area contributed by atoms with Gasteiger partial charge in [0.15, 0.2) is 11.5 Å². The van der Waals surface area contributed by atoms with Gasteiger partial charge < -0.3 is 9.47 Å². The van der Waals surface area contributed by atoms with E-state index in [2.05, 4.69) is 9.93 Å². The van der Waals surface area contributed by atoms with Crippen LogP contribution in [0.15, 0.2) is 76.7 Å². The molecule has 9 heteroatoms. The third-order valence-corrected chi connectivity index (χ3v) is 5.50. The van der Waals surface area contributed by atoms with Gasteiger partial charge in [0.2, 0.25) is 0 Å². The predicted octanol–water partition coefficient (Wildman–Crippen LogP) is 4.38. The second-order valence-electron chi connectivity index (χ2n) is 6.13. The summed E-state index contributed by atoms with van der Waals surface area (Å²) in [7, 11) is -2.31. The summed E-state index contributed by atoms with van der Waals surface area (Å²) >= 11 is 5.77. The average Bonchev–Trinajstić information content (AvgIpc) is 2.73. The maximum atomic E-state index is 13.0. The van der Waals surface area contributed by atoms with Crippen molar-refractivity contribution in [3.63, 3.8) is 0 Å². The van der Waals surface area contributed by atoms with E-state index in [1.165, 1.54) is 49.7 Å². The molecule has 1 N–H and O–H groups in total. The number of hydrogen-bond acceptors (Lipinski definition) is 5. The number of ether oxygens (including phenoxy) is 2. The number of hydrazone groups is 1. The van der Waals surface area contributed by atoms with Crippen LogP contribution in [0.4, 0.5) is 4.39 Å². The molecule has 30 heavy (non-hydrogen) atoms. The lowest BCUT2D eigenvalue weighted by Crippen LogP contribution is -2.18. The van der Waals surface area contributed by atoms with Crippen molar-refractivity contribution < 1.29 is 22.3 Å². The van der Waals surface area contributed by atoms with E-state index < -0.39 is 10.0 Å². The number of hydrogen-bond donors (Lipinski definition) is 1. The number of methoxy groups -OCH3 is 1. The molecule has 0 aliphatic heterocycles. The zero-order chi connectivity index (χ0) is 21.6. The van der Waals surface area contributed by atoms with Crippen molar-refractivity contribution in [3.05, 3.63) is 88.7 Å². The van der Waals surface area contributed by atoms with Crippen LogP contribution in [0, 0.1) is 5.82 Å². The molecule has 0 aliphatic carbocycles. The highest BCUT2D eigenvalue weighted by Gasteiger charge is 2.12. The van der Waals surface area contributed by atoms with Crippen LogP contribution in [0.25, 0.3) is 0 Å². The molecular formula is C21H18ClFN2O4S. The molecule has 6 nitrogen and oxygen atoms in total. The second kappa shape index (κ2) is 9.60. The van der Waals surface area contributed by atoms with E-state index in [4.69, 9.17) is 21.1 Å². The summed E-state index contributed by atoms with van der Waals surface area (Å²) in [4.78, 5) is 2.19. The Balaban J connectivity index is 1.70. The zero-order valence-electron chi connectivity index (χ0n) is 15.9. The molecule has 0 aromatic heterocycles. The average molecular weight is 449 g/mol. The van der Waals surface area contributed by atoms with Gasteiger partial charge in [-0.2, -0.15) is 13.5 Å². The molecule has 0 heterocycles. The zero-order valence-corrected chi connectivity index (χ0v) is 17.5. The number of nitrogens with zero attached hydrogens (tertiary/aromatic N) is 1. The fourth-order valence-electron chi connectivity index (χ4n) is 2.46. The van der Waals surface area contributed by atoms with Gasteiger partial charge in [-0.05, 0) is 65.7 Å². The largest absolute Gasteiger partial charge is 0.493 e. The Labute approximate surface area is 179 Å². The molecule has 0 saturated heterocycles. The molecule has 3 aromatic carbocycles. The van der Waals surface area contributed by atoms with E-state index in [1.807, 2.05) is 0 Å². The number of benzene rings is 3. The smallest absolute Gasteiger partial charge is 0.276 e. The molecule has 0 amide bonds. The Kier molecular flexibility index (Phi) is 6.91. The van der Waals surface area contributed by atoms with Gasteiger partial charge in [-0.3, -0.25) is 0 Å². The third kappa shape index (κ3) is 5.71. The number of nitrogens with one attached hydrogen (secondary N) is 1. The number of sulfonamides is 1. The lowest BCUT2D eigenvalue weighted by Gasteiger charge is -2.11. The van der Waals surface area contributed by atoms with Crippen molar-refractivity contribution >= 4 is 27.8 Å². The SMILES string of the molecule is COc1ccc(/C=N/NS(=O)(=O)c2ccc(Cl)cc2)cc1OCc1ccc(F)cc1.